The Hall–Kier alpha value is -0.830. The van der Waals surface area contributed by atoms with Crippen LogP contribution in [0.3, 0.4) is 0 Å². The highest BCUT2D eigenvalue weighted by Crippen LogP contribution is 2.16. The van der Waals surface area contributed by atoms with E-state index in [4.69, 9.17) is 5.41 Å². The number of anilines is 1. The van der Waals surface area contributed by atoms with Gasteiger partial charge >= 0.3 is 0 Å². The second-order valence-electron chi connectivity index (χ2n) is 2.46. The van der Waals surface area contributed by atoms with Crippen molar-refractivity contribution in [1.82, 2.24) is 0 Å². The normalized spacial score (nSPS) is 8.87. The molecule has 0 saturated heterocycles. The Bertz CT molecular complexity index is 355. The largest absolute Gasteiger partial charge is 0.335 e. The summed E-state index contributed by atoms with van der Waals surface area (Å²) in [5.74, 6) is 0. The quantitative estimate of drug-likeness (QED) is 0.285. The summed E-state index contributed by atoms with van der Waals surface area (Å²) in [6, 6.07) is 5.94. The number of hydrogen-bond acceptors (Lipinski definition) is 4. The van der Waals surface area contributed by atoms with E-state index >= 15 is 0 Å². The molecular weight excluding hydrogens is 329 g/mol. The number of nitrogens with zero attached hydrogens (tertiary/aromatic N) is 1. The van der Waals surface area contributed by atoms with Gasteiger partial charge in [0.2, 0.25) is 0 Å². The van der Waals surface area contributed by atoms with Crippen LogP contribution < -0.4 is 5.32 Å². The summed E-state index contributed by atoms with van der Waals surface area (Å²) in [5.41, 5.74) is 0.723. The van der Waals surface area contributed by atoms with Gasteiger partial charge in [-0.1, -0.05) is 11.8 Å². The zero-order chi connectivity index (χ0) is 10.6. The number of hydrogen-bond donors (Lipinski definition) is 2. The minimum absolute atomic E-state index is 0. The fourth-order valence-corrected chi connectivity index (χ4v) is 1.07. The average Bonchev–Trinajstić information content (AvgIpc) is 2.18. The van der Waals surface area contributed by atoms with E-state index in [1.165, 1.54) is 23.9 Å². The number of nitro benzene ring substituents is 1. The van der Waals surface area contributed by atoms with Gasteiger partial charge in [-0.15, -0.1) is 24.0 Å². The Balaban J connectivity index is 0.00000196. The maximum absolute atomic E-state index is 10.3. The molecule has 15 heavy (non-hydrogen) atoms. The summed E-state index contributed by atoms with van der Waals surface area (Å²) in [4.78, 5) is 9.87. The topological polar surface area (TPSA) is 79.0 Å². The summed E-state index contributed by atoms with van der Waals surface area (Å²) in [6.07, 6.45) is 1.78. The molecule has 1 aromatic rings. The molecule has 82 valence electrons. The molecule has 0 amide bonds. The molecule has 5 nitrogen and oxygen atoms in total. The van der Waals surface area contributed by atoms with Crippen molar-refractivity contribution in [2.75, 3.05) is 11.6 Å². The molecule has 1 rings (SSSR count). The smallest absolute Gasteiger partial charge is 0.269 e. The van der Waals surface area contributed by atoms with E-state index in [0.717, 1.165) is 0 Å². The lowest BCUT2D eigenvalue weighted by atomic mass is 10.3. The molecule has 0 aliphatic carbocycles. The maximum Gasteiger partial charge on any atom is 0.269 e. The standard InChI is InChI=1S/C8H9N3O2S.HI/c1-14-8(9)10-6-2-4-7(5-3-6)11(12)13;/h2-5H,1H3,(H2,9,10);1H. The van der Waals surface area contributed by atoms with E-state index in [9.17, 15) is 10.1 Å². The number of benzene rings is 1. The van der Waals surface area contributed by atoms with Crippen LogP contribution >= 0.6 is 35.7 Å². The fraction of sp³-hybridized carbons (Fsp3) is 0.125. The molecule has 0 atom stereocenters. The molecule has 0 aromatic heterocycles. The summed E-state index contributed by atoms with van der Waals surface area (Å²) >= 11 is 1.27. The second-order valence-corrected chi connectivity index (χ2v) is 3.28. The van der Waals surface area contributed by atoms with Crippen molar-refractivity contribution in [3.63, 3.8) is 0 Å². The molecule has 0 fully saturated rings. The molecule has 0 aliphatic rings. The van der Waals surface area contributed by atoms with Crippen LogP contribution in [0.5, 0.6) is 0 Å². The zero-order valence-electron chi connectivity index (χ0n) is 7.89. The monoisotopic (exact) mass is 339 g/mol. The van der Waals surface area contributed by atoms with E-state index in [1.54, 1.807) is 18.4 Å². The summed E-state index contributed by atoms with van der Waals surface area (Å²) < 4.78 is 0. The van der Waals surface area contributed by atoms with Crippen molar-refractivity contribution < 1.29 is 4.92 Å². The summed E-state index contributed by atoms with van der Waals surface area (Å²) in [7, 11) is 0. The van der Waals surface area contributed by atoms with Gasteiger partial charge in [0.25, 0.3) is 5.69 Å². The molecule has 0 saturated carbocycles. The van der Waals surface area contributed by atoms with Gasteiger partial charge in [-0.25, -0.2) is 0 Å². The Morgan fingerprint density at radius 1 is 1.47 bits per heavy atom. The van der Waals surface area contributed by atoms with Crippen molar-refractivity contribution in [2.45, 2.75) is 0 Å². The molecule has 0 aliphatic heterocycles. The van der Waals surface area contributed by atoms with E-state index in [1.807, 2.05) is 0 Å². The number of amidine groups is 1. The Labute approximate surface area is 108 Å². The number of non-ortho nitro benzene ring substituents is 1. The SMILES string of the molecule is CSC(=N)Nc1ccc([N+](=O)[O-])cc1.I. The van der Waals surface area contributed by atoms with Gasteiger partial charge in [-0.2, -0.15) is 0 Å². The predicted molar refractivity (Wildman–Crippen MR) is 73.4 cm³/mol. The lowest BCUT2D eigenvalue weighted by molar-refractivity contribution is -0.384. The second kappa shape index (κ2) is 6.62. The molecule has 2 N–H and O–H groups in total. The van der Waals surface area contributed by atoms with E-state index in [2.05, 4.69) is 5.32 Å². The van der Waals surface area contributed by atoms with Gasteiger partial charge in [0.15, 0.2) is 5.17 Å². The number of nitro groups is 1. The van der Waals surface area contributed by atoms with Crippen molar-refractivity contribution >= 4 is 52.3 Å². The van der Waals surface area contributed by atoms with Crippen LogP contribution in [0.2, 0.25) is 0 Å². The minimum Gasteiger partial charge on any atom is -0.335 e. The maximum atomic E-state index is 10.3. The van der Waals surface area contributed by atoms with Gasteiger partial charge in [0.05, 0.1) is 4.92 Å². The molecule has 0 spiro atoms. The molecule has 0 bridgehead atoms. The molecule has 0 heterocycles. The van der Waals surface area contributed by atoms with Crippen molar-refractivity contribution in [3.8, 4) is 0 Å². The van der Waals surface area contributed by atoms with Crippen LogP contribution in [0, 0.1) is 15.5 Å². The highest BCUT2D eigenvalue weighted by Gasteiger charge is 2.03. The number of rotatable bonds is 2. The van der Waals surface area contributed by atoms with Crippen LogP contribution in [0.25, 0.3) is 0 Å². The summed E-state index contributed by atoms with van der Waals surface area (Å²) in [5, 5.41) is 20.7. The third-order valence-corrected chi connectivity index (χ3v) is 2.05. The van der Waals surface area contributed by atoms with Crippen molar-refractivity contribution in [2.24, 2.45) is 0 Å². The fourth-order valence-electron chi connectivity index (χ4n) is 0.849. The number of halogens is 1. The van der Waals surface area contributed by atoms with Crippen LogP contribution in [0.1, 0.15) is 0 Å². The zero-order valence-corrected chi connectivity index (χ0v) is 11.0. The minimum atomic E-state index is -0.455. The first kappa shape index (κ1) is 14.2. The first-order valence-electron chi connectivity index (χ1n) is 3.77. The molecular formula is C8H10IN3O2S. The van der Waals surface area contributed by atoms with Crippen LogP contribution in [-0.2, 0) is 0 Å². The third-order valence-electron chi connectivity index (χ3n) is 1.54. The average molecular weight is 339 g/mol. The van der Waals surface area contributed by atoms with Crippen LogP contribution in [-0.4, -0.2) is 16.3 Å². The molecule has 0 unspecified atom stereocenters. The Kier molecular flexibility index (Phi) is 6.25. The lowest BCUT2D eigenvalue weighted by Gasteiger charge is -2.03. The van der Waals surface area contributed by atoms with Crippen LogP contribution in [0.15, 0.2) is 24.3 Å². The van der Waals surface area contributed by atoms with Gasteiger partial charge in [-0.3, -0.25) is 15.5 Å². The third kappa shape index (κ3) is 4.47. The molecule has 1 aromatic carbocycles. The Morgan fingerprint density at radius 2 is 2.00 bits per heavy atom. The van der Waals surface area contributed by atoms with Crippen molar-refractivity contribution in [1.29, 1.82) is 5.41 Å². The van der Waals surface area contributed by atoms with E-state index in [-0.39, 0.29) is 29.7 Å². The van der Waals surface area contributed by atoms with E-state index < -0.39 is 4.92 Å². The van der Waals surface area contributed by atoms with E-state index in [0.29, 0.717) is 10.9 Å². The van der Waals surface area contributed by atoms with Gasteiger partial charge in [0.1, 0.15) is 0 Å². The Morgan fingerprint density at radius 3 is 2.40 bits per heavy atom. The number of nitrogens with one attached hydrogen (secondary N) is 2. The van der Waals surface area contributed by atoms with Crippen molar-refractivity contribution in [3.05, 3.63) is 34.4 Å². The van der Waals surface area contributed by atoms with Gasteiger partial charge in [-0.05, 0) is 18.4 Å². The highest BCUT2D eigenvalue weighted by molar-refractivity contribution is 14.0. The number of thioether (sulfide) groups is 1. The lowest BCUT2D eigenvalue weighted by Crippen LogP contribution is -2.04. The van der Waals surface area contributed by atoms with Gasteiger partial charge in [0, 0.05) is 17.8 Å². The first-order valence-corrected chi connectivity index (χ1v) is 5.00. The predicted octanol–water partition coefficient (Wildman–Crippen LogP) is 2.92. The first-order chi connectivity index (χ1) is 6.63. The summed E-state index contributed by atoms with van der Waals surface area (Å²) in [6.45, 7) is 0. The highest BCUT2D eigenvalue weighted by atomic mass is 127. The molecule has 0 radical (unpaired) electrons. The molecule has 7 heteroatoms. The van der Waals surface area contributed by atoms with Crippen LogP contribution in [0.4, 0.5) is 11.4 Å². The van der Waals surface area contributed by atoms with Gasteiger partial charge < -0.3 is 5.32 Å².